The van der Waals surface area contributed by atoms with Gasteiger partial charge in [0, 0.05) is 6.92 Å². The summed E-state index contributed by atoms with van der Waals surface area (Å²) in [7, 11) is 0. The van der Waals surface area contributed by atoms with E-state index in [2.05, 4.69) is 5.84 Å². The molecule has 0 fully saturated rings. The number of hydrogen-bond acceptors (Lipinski definition) is 2. The summed E-state index contributed by atoms with van der Waals surface area (Å²) in [4.78, 5) is 0. The largest absolute Gasteiger partial charge is 0.290 e. The molecule has 3 N–H and O–H groups in total. The molecule has 8 heavy (non-hydrogen) atoms. The van der Waals surface area contributed by atoms with Crippen LogP contribution in [0.3, 0.4) is 0 Å². The van der Waals surface area contributed by atoms with Crippen molar-refractivity contribution >= 4 is 0 Å². The number of alkyl halides is 3. The zero-order valence-electron chi connectivity index (χ0n) is 4.29. The van der Waals surface area contributed by atoms with Gasteiger partial charge >= 0.3 is 0 Å². The quantitative estimate of drug-likeness (QED) is 0.321. The molecule has 0 bridgehead atoms. The Bertz CT molecular complexity index is 69.4. The molecule has 1 atom stereocenters. The Balaban J connectivity index is 3.62. The van der Waals surface area contributed by atoms with Gasteiger partial charge in [-0.15, -0.1) is 0 Å². The van der Waals surface area contributed by atoms with Crippen molar-refractivity contribution in [1.29, 1.82) is 0 Å². The Hall–Kier alpha value is -0.290. The topological polar surface area (TPSA) is 38.0 Å². The first kappa shape index (κ1) is 7.71. The number of hydrazine groups is 1. The molecule has 0 aliphatic carbocycles. The molecular weight excluding hydrogens is 121 g/mol. The third kappa shape index (κ3) is 2.13. The van der Waals surface area contributed by atoms with Crippen LogP contribution in [0.2, 0.25) is 0 Å². The fraction of sp³-hybridized carbons (Fsp3) is 1.00. The number of hydrogen-bond donors (Lipinski definition) is 2. The number of halogens is 3. The molecular formula is C3H7F3N2. The molecule has 0 heterocycles. The minimum Gasteiger partial charge on any atom is -0.269 e. The van der Waals surface area contributed by atoms with Gasteiger partial charge in [0.1, 0.15) is 0 Å². The summed E-state index contributed by atoms with van der Waals surface area (Å²) in [6.45, 7) is 0.442. The van der Waals surface area contributed by atoms with Gasteiger partial charge in [-0.05, 0) is 0 Å². The Kier molecular flexibility index (Phi) is 2.24. The van der Waals surface area contributed by atoms with E-state index in [0.29, 0.717) is 6.92 Å². The lowest BCUT2D eigenvalue weighted by molar-refractivity contribution is -0.0686. The summed E-state index contributed by atoms with van der Waals surface area (Å²) in [6, 6.07) is 0. The Morgan fingerprint density at radius 3 is 2.00 bits per heavy atom. The van der Waals surface area contributed by atoms with Crippen LogP contribution in [0.1, 0.15) is 6.92 Å². The lowest BCUT2D eigenvalue weighted by atomic mass is 10.4. The van der Waals surface area contributed by atoms with Gasteiger partial charge in [-0.3, -0.25) is 5.84 Å². The molecule has 0 saturated carbocycles. The van der Waals surface area contributed by atoms with Crippen LogP contribution in [-0.2, 0) is 0 Å². The van der Waals surface area contributed by atoms with E-state index >= 15 is 0 Å². The van der Waals surface area contributed by atoms with Crippen molar-refractivity contribution in [1.82, 2.24) is 5.43 Å². The zero-order valence-corrected chi connectivity index (χ0v) is 4.29. The summed E-state index contributed by atoms with van der Waals surface area (Å²) in [5, 5.41) is 0. The molecule has 0 rings (SSSR count). The molecule has 0 aliphatic rings. The van der Waals surface area contributed by atoms with Crippen LogP contribution in [-0.4, -0.2) is 12.2 Å². The van der Waals surface area contributed by atoms with Crippen molar-refractivity contribution in [2.45, 2.75) is 19.1 Å². The molecule has 0 aromatic heterocycles. The van der Waals surface area contributed by atoms with E-state index in [-0.39, 0.29) is 0 Å². The monoisotopic (exact) mass is 128 g/mol. The predicted octanol–water partition coefficient (Wildman–Crippen LogP) is 0.401. The lowest BCUT2D eigenvalue weighted by Gasteiger charge is -2.13. The minimum absolute atomic E-state index is 0.442. The smallest absolute Gasteiger partial charge is 0.269 e. The van der Waals surface area contributed by atoms with Crippen molar-refractivity contribution in [2.75, 3.05) is 0 Å². The fourth-order valence-electron chi connectivity index (χ4n) is 0.146. The fourth-order valence-corrected chi connectivity index (χ4v) is 0.146. The van der Waals surface area contributed by atoms with E-state index in [1.165, 1.54) is 5.43 Å². The SMILES string of the molecule is CC(F)(F)C(F)NN. The second kappa shape index (κ2) is 2.32. The van der Waals surface area contributed by atoms with Gasteiger partial charge in [-0.2, -0.15) is 0 Å². The number of nitrogens with two attached hydrogens (primary N) is 1. The van der Waals surface area contributed by atoms with Crippen molar-refractivity contribution in [2.24, 2.45) is 5.84 Å². The minimum atomic E-state index is -3.39. The summed E-state index contributed by atoms with van der Waals surface area (Å²) in [5.41, 5.74) is 1.29. The van der Waals surface area contributed by atoms with Gasteiger partial charge in [-0.1, -0.05) is 0 Å². The first-order valence-corrected chi connectivity index (χ1v) is 1.96. The maximum absolute atomic E-state index is 11.7. The highest BCUT2D eigenvalue weighted by molar-refractivity contribution is 4.64. The maximum atomic E-state index is 11.7. The van der Waals surface area contributed by atoms with Gasteiger partial charge in [0.2, 0.25) is 6.30 Å². The Labute approximate surface area is 44.8 Å². The normalized spacial score (nSPS) is 16.1. The van der Waals surface area contributed by atoms with Crippen LogP contribution < -0.4 is 11.3 Å². The molecule has 0 amide bonds. The van der Waals surface area contributed by atoms with E-state index < -0.39 is 12.2 Å². The number of rotatable bonds is 2. The Morgan fingerprint density at radius 2 is 2.00 bits per heavy atom. The van der Waals surface area contributed by atoms with Crippen molar-refractivity contribution in [3.05, 3.63) is 0 Å². The predicted molar refractivity (Wildman–Crippen MR) is 22.8 cm³/mol. The third-order valence-corrected chi connectivity index (χ3v) is 0.591. The molecule has 0 aromatic rings. The van der Waals surface area contributed by atoms with Crippen LogP contribution in [0.5, 0.6) is 0 Å². The Morgan fingerprint density at radius 1 is 1.62 bits per heavy atom. The van der Waals surface area contributed by atoms with E-state index in [4.69, 9.17) is 0 Å². The summed E-state index contributed by atoms with van der Waals surface area (Å²) in [5.74, 6) is 0.959. The summed E-state index contributed by atoms with van der Waals surface area (Å²) in [6.07, 6.45) is -2.46. The molecule has 0 radical (unpaired) electrons. The van der Waals surface area contributed by atoms with Gasteiger partial charge < -0.3 is 0 Å². The van der Waals surface area contributed by atoms with Crippen LogP contribution in [0.4, 0.5) is 13.2 Å². The average molecular weight is 128 g/mol. The third-order valence-electron chi connectivity index (χ3n) is 0.591. The second-order valence-corrected chi connectivity index (χ2v) is 1.49. The van der Waals surface area contributed by atoms with Crippen LogP contribution in [0.15, 0.2) is 0 Å². The van der Waals surface area contributed by atoms with Crippen LogP contribution >= 0.6 is 0 Å². The van der Waals surface area contributed by atoms with Crippen LogP contribution in [0, 0.1) is 0 Å². The molecule has 5 heteroatoms. The molecule has 0 aliphatic heterocycles. The van der Waals surface area contributed by atoms with Crippen molar-refractivity contribution < 1.29 is 13.2 Å². The van der Waals surface area contributed by atoms with Gasteiger partial charge in [-0.25, -0.2) is 18.6 Å². The maximum Gasteiger partial charge on any atom is 0.290 e. The first-order valence-electron chi connectivity index (χ1n) is 1.96. The second-order valence-electron chi connectivity index (χ2n) is 1.49. The standard InChI is InChI=1S/C3H7F3N2/c1-3(5,6)2(4)8-7/h2,8H,7H2,1H3. The number of nitrogens with one attached hydrogen (secondary N) is 1. The average Bonchev–Trinajstić information content (AvgIpc) is 1.62. The van der Waals surface area contributed by atoms with E-state index in [0.717, 1.165) is 0 Å². The van der Waals surface area contributed by atoms with Gasteiger partial charge in [0.15, 0.2) is 0 Å². The molecule has 1 unspecified atom stereocenters. The molecule has 0 spiro atoms. The van der Waals surface area contributed by atoms with E-state index in [1.54, 1.807) is 0 Å². The van der Waals surface area contributed by atoms with E-state index in [1.807, 2.05) is 0 Å². The summed E-state index contributed by atoms with van der Waals surface area (Å²) < 4.78 is 34.9. The van der Waals surface area contributed by atoms with Gasteiger partial charge in [0.25, 0.3) is 5.92 Å². The molecule has 50 valence electrons. The van der Waals surface area contributed by atoms with Crippen LogP contribution in [0.25, 0.3) is 0 Å². The van der Waals surface area contributed by atoms with Crippen molar-refractivity contribution in [3.8, 4) is 0 Å². The highest BCUT2D eigenvalue weighted by Crippen LogP contribution is 2.16. The van der Waals surface area contributed by atoms with E-state index in [9.17, 15) is 13.2 Å². The summed E-state index contributed by atoms with van der Waals surface area (Å²) >= 11 is 0. The first-order chi connectivity index (χ1) is 3.48. The molecule has 2 nitrogen and oxygen atoms in total. The zero-order chi connectivity index (χ0) is 6.78. The lowest BCUT2D eigenvalue weighted by Crippen LogP contribution is -2.43. The highest BCUT2D eigenvalue weighted by Gasteiger charge is 2.32. The highest BCUT2D eigenvalue weighted by atomic mass is 19.3. The molecule has 0 saturated heterocycles. The molecule has 0 aromatic carbocycles. The van der Waals surface area contributed by atoms with Gasteiger partial charge in [0.05, 0.1) is 0 Å². The van der Waals surface area contributed by atoms with Crippen molar-refractivity contribution in [3.63, 3.8) is 0 Å².